The van der Waals surface area contributed by atoms with Crippen molar-refractivity contribution in [1.82, 2.24) is 0 Å². The molecule has 0 fully saturated rings. The fourth-order valence-corrected chi connectivity index (χ4v) is 1.48. The van der Waals surface area contributed by atoms with E-state index in [-0.39, 0.29) is 12.4 Å². The van der Waals surface area contributed by atoms with Crippen molar-refractivity contribution in [3.05, 3.63) is 22.5 Å². The Morgan fingerprint density at radius 2 is 2.11 bits per heavy atom. The van der Waals surface area contributed by atoms with Crippen molar-refractivity contribution in [2.24, 2.45) is 0 Å². The molecule has 1 aromatic rings. The van der Waals surface area contributed by atoms with Gasteiger partial charge in [0.15, 0.2) is 11.5 Å². The minimum atomic E-state index is -1.24. The average Bonchev–Trinajstić information content (AvgIpc) is 2.34. The van der Waals surface area contributed by atoms with Gasteiger partial charge in [0.05, 0.1) is 24.3 Å². The first-order valence-electron chi connectivity index (χ1n) is 4.90. The van der Waals surface area contributed by atoms with Crippen LogP contribution < -0.4 is 4.74 Å². The second-order valence-corrected chi connectivity index (χ2v) is 3.53. The van der Waals surface area contributed by atoms with Crippen molar-refractivity contribution in [1.29, 1.82) is 0 Å². The maximum Gasteiger partial charge on any atom is 0.379 e. The lowest BCUT2D eigenvalue weighted by Crippen LogP contribution is -2.18. The molecule has 98 valence electrons. The first kappa shape index (κ1) is 14.2. The van der Waals surface area contributed by atoms with Crippen LogP contribution in [0.2, 0.25) is 5.02 Å². The molecule has 0 atom stereocenters. The van der Waals surface area contributed by atoms with Crippen molar-refractivity contribution in [3.63, 3.8) is 0 Å². The first-order chi connectivity index (χ1) is 8.43. The number of phenolic OH excluding ortho intramolecular Hbond substituents is 1. The van der Waals surface area contributed by atoms with Gasteiger partial charge < -0.3 is 14.6 Å². The second kappa shape index (κ2) is 5.68. The molecule has 5 nitrogen and oxygen atoms in total. The summed E-state index contributed by atoms with van der Waals surface area (Å²) in [6.07, 6.45) is 0. The number of ether oxygens (including phenoxy) is 2. The Morgan fingerprint density at radius 1 is 1.50 bits per heavy atom. The molecular weight excluding hydrogens is 267 g/mol. The number of carbonyl (C=O) groups is 2. The minimum absolute atomic E-state index is 0.0323. The van der Waals surface area contributed by atoms with E-state index < -0.39 is 33.9 Å². The fraction of sp³-hybridized carbons (Fsp3) is 0.273. The van der Waals surface area contributed by atoms with E-state index in [1.807, 2.05) is 0 Å². The largest absolute Gasteiger partial charge is 0.504 e. The number of esters is 1. The Morgan fingerprint density at radius 3 is 2.61 bits per heavy atom. The van der Waals surface area contributed by atoms with E-state index in [1.54, 1.807) is 0 Å². The fourth-order valence-electron chi connectivity index (χ4n) is 1.25. The van der Waals surface area contributed by atoms with Gasteiger partial charge in [0.1, 0.15) is 5.82 Å². The van der Waals surface area contributed by atoms with Crippen LogP contribution in [0, 0.1) is 5.82 Å². The predicted octanol–water partition coefficient (Wildman–Crippen LogP) is 1.94. The van der Waals surface area contributed by atoms with E-state index in [9.17, 15) is 19.1 Å². The number of aromatic hydroxyl groups is 1. The van der Waals surface area contributed by atoms with Gasteiger partial charge in [-0.05, 0) is 6.92 Å². The molecule has 0 amide bonds. The third kappa shape index (κ3) is 2.53. The number of ketones is 1. The summed E-state index contributed by atoms with van der Waals surface area (Å²) in [5.41, 5.74) is -0.674. The van der Waals surface area contributed by atoms with Crippen LogP contribution >= 0.6 is 11.6 Å². The molecule has 18 heavy (non-hydrogen) atoms. The van der Waals surface area contributed by atoms with Gasteiger partial charge in [-0.15, -0.1) is 0 Å². The maximum atomic E-state index is 13.4. The van der Waals surface area contributed by atoms with Crippen molar-refractivity contribution in [2.75, 3.05) is 13.7 Å². The van der Waals surface area contributed by atoms with Crippen molar-refractivity contribution in [3.8, 4) is 11.5 Å². The summed E-state index contributed by atoms with van der Waals surface area (Å²) >= 11 is 5.55. The SMILES string of the molecule is CCOC(=O)C(=O)c1c(O)c(OC)cc(F)c1Cl. The van der Waals surface area contributed by atoms with Crippen molar-refractivity contribution in [2.45, 2.75) is 6.92 Å². The Hall–Kier alpha value is -1.82. The van der Waals surface area contributed by atoms with Gasteiger partial charge in [-0.2, -0.15) is 0 Å². The van der Waals surface area contributed by atoms with Gasteiger partial charge in [-0.3, -0.25) is 4.79 Å². The number of phenols is 1. The van der Waals surface area contributed by atoms with Gasteiger partial charge in [-0.25, -0.2) is 9.18 Å². The second-order valence-electron chi connectivity index (χ2n) is 3.15. The highest BCUT2D eigenvalue weighted by Crippen LogP contribution is 2.37. The van der Waals surface area contributed by atoms with Crippen LogP contribution in [0.15, 0.2) is 6.07 Å². The number of carbonyl (C=O) groups excluding carboxylic acids is 2. The molecule has 0 aliphatic heterocycles. The lowest BCUT2D eigenvalue weighted by atomic mass is 10.1. The normalized spacial score (nSPS) is 10.0. The highest BCUT2D eigenvalue weighted by atomic mass is 35.5. The monoisotopic (exact) mass is 276 g/mol. The van der Waals surface area contributed by atoms with E-state index in [0.717, 1.165) is 6.07 Å². The number of Topliss-reactive ketones (excluding diaryl/α,β-unsaturated/α-hetero) is 1. The molecular formula is C11H10ClFO5. The molecule has 0 aliphatic carbocycles. The molecule has 1 rings (SSSR count). The molecule has 0 aromatic heterocycles. The molecule has 0 spiro atoms. The molecule has 0 unspecified atom stereocenters. The van der Waals surface area contributed by atoms with Crippen LogP contribution in [0.1, 0.15) is 17.3 Å². The van der Waals surface area contributed by atoms with Crippen LogP contribution in [0.25, 0.3) is 0 Å². The number of halogens is 2. The lowest BCUT2D eigenvalue weighted by molar-refractivity contribution is -0.137. The van der Waals surface area contributed by atoms with Crippen LogP contribution in [-0.4, -0.2) is 30.6 Å². The van der Waals surface area contributed by atoms with E-state index in [0.29, 0.717) is 0 Å². The van der Waals surface area contributed by atoms with Crippen molar-refractivity contribution < 1.29 is 28.6 Å². The Bertz CT molecular complexity index is 501. The highest BCUT2D eigenvalue weighted by molar-refractivity contribution is 6.46. The van der Waals surface area contributed by atoms with Gasteiger partial charge in [0, 0.05) is 6.07 Å². The summed E-state index contributed by atoms with van der Waals surface area (Å²) in [5.74, 6) is -4.47. The molecule has 1 aromatic carbocycles. The quantitative estimate of drug-likeness (QED) is 0.517. The summed E-state index contributed by atoms with van der Waals surface area (Å²) in [7, 11) is 1.17. The molecule has 1 N–H and O–H groups in total. The van der Waals surface area contributed by atoms with Crippen LogP contribution in [0.3, 0.4) is 0 Å². The van der Waals surface area contributed by atoms with Crippen molar-refractivity contribution >= 4 is 23.4 Å². The highest BCUT2D eigenvalue weighted by Gasteiger charge is 2.28. The standard InChI is InChI=1S/C11H10ClFO5/c1-3-18-11(16)10(15)7-8(12)5(13)4-6(17-2)9(7)14/h4,14H,3H2,1-2H3. The molecule has 0 radical (unpaired) electrons. The summed E-state index contributed by atoms with van der Waals surface area (Å²) in [6.45, 7) is 1.47. The number of rotatable bonds is 4. The van der Waals surface area contributed by atoms with E-state index >= 15 is 0 Å². The predicted molar refractivity (Wildman–Crippen MR) is 60.6 cm³/mol. The Labute approximate surface area is 107 Å². The summed E-state index contributed by atoms with van der Waals surface area (Å²) in [5, 5.41) is 9.02. The molecule has 0 bridgehead atoms. The number of hydrogen-bond acceptors (Lipinski definition) is 5. The number of methoxy groups -OCH3 is 1. The minimum Gasteiger partial charge on any atom is -0.504 e. The molecule has 0 saturated heterocycles. The molecule has 0 heterocycles. The van der Waals surface area contributed by atoms with Gasteiger partial charge >= 0.3 is 5.97 Å². The van der Waals surface area contributed by atoms with E-state index in [2.05, 4.69) is 9.47 Å². The zero-order valence-electron chi connectivity index (χ0n) is 9.62. The van der Waals surface area contributed by atoms with Gasteiger partial charge in [0.25, 0.3) is 5.78 Å². The average molecular weight is 277 g/mol. The van der Waals surface area contributed by atoms with Gasteiger partial charge in [0.2, 0.25) is 0 Å². The van der Waals surface area contributed by atoms with E-state index in [1.165, 1.54) is 14.0 Å². The third-order valence-electron chi connectivity index (χ3n) is 2.06. The van der Waals surface area contributed by atoms with E-state index in [4.69, 9.17) is 11.6 Å². The maximum absolute atomic E-state index is 13.4. The summed E-state index contributed by atoms with van der Waals surface area (Å²) < 4.78 is 22.5. The first-order valence-corrected chi connectivity index (χ1v) is 5.28. The van der Waals surface area contributed by atoms with Gasteiger partial charge in [-0.1, -0.05) is 11.6 Å². The van der Waals surface area contributed by atoms with Crippen LogP contribution in [0.5, 0.6) is 11.5 Å². The lowest BCUT2D eigenvalue weighted by Gasteiger charge is -2.10. The summed E-state index contributed by atoms with van der Waals surface area (Å²) in [4.78, 5) is 22.9. The Kier molecular flexibility index (Phi) is 4.49. The Balaban J connectivity index is 3.35. The van der Waals surface area contributed by atoms with Crippen LogP contribution in [0.4, 0.5) is 4.39 Å². The molecule has 0 aliphatic rings. The zero-order chi connectivity index (χ0) is 13.9. The third-order valence-corrected chi connectivity index (χ3v) is 2.43. The molecule has 7 heteroatoms. The topological polar surface area (TPSA) is 72.8 Å². The van der Waals surface area contributed by atoms with Crippen LogP contribution in [-0.2, 0) is 9.53 Å². The smallest absolute Gasteiger partial charge is 0.379 e. The molecule has 0 saturated carbocycles. The number of benzene rings is 1. The summed E-state index contributed by atoms with van der Waals surface area (Å²) in [6, 6.07) is 0.805. The zero-order valence-corrected chi connectivity index (χ0v) is 10.4. The number of hydrogen-bond donors (Lipinski definition) is 1.